The zero-order valence-corrected chi connectivity index (χ0v) is 22.4. The van der Waals surface area contributed by atoms with E-state index in [1.54, 1.807) is 42.6 Å². The van der Waals surface area contributed by atoms with Crippen LogP contribution in [0, 0.1) is 0 Å². The summed E-state index contributed by atoms with van der Waals surface area (Å²) in [5.74, 6) is -0.289. The lowest BCUT2D eigenvalue weighted by Crippen LogP contribution is -2.31. The van der Waals surface area contributed by atoms with E-state index in [-0.39, 0.29) is 10.8 Å². The molecule has 0 aliphatic carbocycles. The molecule has 192 valence electrons. The van der Waals surface area contributed by atoms with Crippen LogP contribution in [-0.2, 0) is 21.9 Å². The molecule has 1 aliphatic heterocycles. The highest BCUT2D eigenvalue weighted by Gasteiger charge is 2.43. The van der Waals surface area contributed by atoms with Gasteiger partial charge in [-0.05, 0) is 67.8 Å². The molecule has 8 heteroatoms. The second kappa shape index (κ2) is 10.7. The summed E-state index contributed by atoms with van der Waals surface area (Å²) < 4.78 is 27.2. The third-order valence-electron chi connectivity index (χ3n) is 6.71. The van der Waals surface area contributed by atoms with E-state index in [0.717, 1.165) is 22.5 Å². The average molecular weight is 517 g/mol. The molecule has 1 amide bonds. The Kier molecular flexibility index (Phi) is 7.61. The van der Waals surface area contributed by atoms with Crippen LogP contribution in [0.5, 0.6) is 0 Å². The fourth-order valence-corrected chi connectivity index (χ4v) is 5.72. The molecule has 0 fully saturated rings. The van der Waals surface area contributed by atoms with Crippen molar-refractivity contribution in [2.75, 3.05) is 25.5 Å². The Morgan fingerprint density at radius 3 is 2.30 bits per heavy atom. The van der Waals surface area contributed by atoms with Crippen LogP contribution in [0.2, 0.25) is 0 Å². The van der Waals surface area contributed by atoms with Gasteiger partial charge in [0.2, 0.25) is 10.0 Å². The Labute approximate surface area is 219 Å². The number of nitrogens with one attached hydrogen (secondary N) is 1. The van der Waals surface area contributed by atoms with Crippen molar-refractivity contribution in [3.05, 3.63) is 107 Å². The van der Waals surface area contributed by atoms with Crippen molar-refractivity contribution in [2.24, 2.45) is 5.10 Å². The number of allylic oxidation sites excluding steroid dienone is 2. The zero-order valence-electron chi connectivity index (χ0n) is 21.5. The molecule has 1 unspecified atom stereocenters. The molecule has 7 nitrogen and oxygen atoms in total. The molecular weight excluding hydrogens is 484 g/mol. The topological polar surface area (TPSA) is 82.1 Å². The smallest absolute Gasteiger partial charge is 0.271 e. The van der Waals surface area contributed by atoms with E-state index in [4.69, 9.17) is 0 Å². The molecule has 1 aliphatic rings. The van der Waals surface area contributed by atoms with Crippen LogP contribution in [0.25, 0.3) is 0 Å². The van der Waals surface area contributed by atoms with Gasteiger partial charge in [-0.2, -0.15) is 5.10 Å². The fraction of sp³-hybridized carbons (Fsp3) is 0.241. The van der Waals surface area contributed by atoms with Crippen molar-refractivity contribution in [1.29, 1.82) is 0 Å². The van der Waals surface area contributed by atoms with Crippen LogP contribution < -0.4 is 10.3 Å². The number of carbonyl (C=O) groups excluding carboxylic acids is 1. The van der Waals surface area contributed by atoms with Gasteiger partial charge in [0.05, 0.1) is 4.90 Å². The van der Waals surface area contributed by atoms with Crippen molar-refractivity contribution in [2.45, 2.75) is 30.6 Å². The number of anilines is 1. The lowest BCUT2D eigenvalue weighted by atomic mass is 9.76. The monoisotopic (exact) mass is 516 g/mol. The molecule has 37 heavy (non-hydrogen) atoms. The molecule has 0 saturated carbocycles. The number of rotatable bonds is 8. The van der Waals surface area contributed by atoms with Gasteiger partial charge in [0.1, 0.15) is 0 Å². The molecular formula is C29H32N4O3S. The van der Waals surface area contributed by atoms with Crippen molar-refractivity contribution in [3.63, 3.8) is 0 Å². The second-order valence-electron chi connectivity index (χ2n) is 9.34. The van der Waals surface area contributed by atoms with Crippen LogP contribution in [0.4, 0.5) is 5.69 Å². The highest BCUT2D eigenvalue weighted by molar-refractivity contribution is 7.89. The minimum Gasteiger partial charge on any atom is -0.344 e. The first-order valence-electron chi connectivity index (χ1n) is 12.2. The average Bonchev–Trinajstić information content (AvgIpc) is 3.13. The summed E-state index contributed by atoms with van der Waals surface area (Å²) in [5.41, 5.74) is 6.59. The SMILES string of the molecule is CCN1/C(=C\C=N\NC(=O)c2ccccc2)C(C)(Cc2ccccc2)c2cc(S(=O)(=O)N(C)C)ccc21. The minimum absolute atomic E-state index is 0.261. The Balaban J connectivity index is 1.75. The number of carbonyl (C=O) groups is 1. The highest BCUT2D eigenvalue weighted by Crippen LogP contribution is 2.50. The Morgan fingerprint density at radius 2 is 1.68 bits per heavy atom. The van der Waals surface area contributed by atoms with Crippen molar-refractivity contribution in [3.8, 4) is 0 Å². The summed E-state index contributed by atoms with van der Waals surface area (Å²) >= 11 is 0. The van der Waals surface area contributed by atoms with Gasteiger partial charge in [-0.15, -0.1) is 0 Å². The summed E-state index contributed by atoms with van der Waals surface area (Å²) in [6.07, 6.45) is 4.15. The van der Waals surface area contributed by atoms with Crippen molar-refractivity contribution >= 4 is 27.8 Å². The van der Waals surface area contributed by atoms with E-state index in [1.807, 2.05) is 36.4 Å². The number of benzene rings is 3. The van der Waals surface area contributed by atoms with Crippen molar-refractivity contribution in [1.82, 2.24) is 9.73 Å². The third kappa shape index (κ3) is 5.21. The molecule has 0 saturated heterocycles. The molecule has 3 aromatic rings. The van der Waals surface area contributed by atoms with Gasteiger partial charge in [-0.3, -0.25) is 4.79 Å². The van der Waals surface area contributed by atoms with Crippen LogP contribution in [-0.4, -0.2) is 45.5 Å². The van der Waals surface area contributed by atoms with Crippen LogP contribution in [0.1, 0.15) is 35.3 Å². The molecule has 0 bridgehead atoms. The van der Waals surface area contributed by atoms with Gasteiger partial charge < -0.3 is 4.90 Å². The van der Waals surface area contributed by atoms with Gasteiger partial charge in [0.25, 0.3) is 5.91 Å². The normalized spacial score (nSPS) is 18.5. The second-order valence-corrected chi connectivity index (χ2v) is 11.5. The first kappa shape index (κ1) is 26.3. The molecule has 1 atom stereocenters. The van der Waals surface area contributed by atoms with Crippen molar-refractivity contribution < 1.29 is 13.2 Å². The molecule has 3 aromatic carbocycles. The van der Waals surface area contributed by atoms with Gasteiger partial charge >= 0.3 is 0 Å². The molecule has 0 spiro atoms. The van der Waals surface area contributed by atoms with Crippen LogP contribution >= 0.6 is 0 Å². The largest absolute Gasteiger partial charge is 0.344 e. The van der Waals surface area contributed by atoms with E-state index in [9.17, 15) is 13.2 Å². The first-order chi connectivity index (χ1) is 17.7. The number of hydrogen-bond acceptors (Lipinski definition) is 5. The van der Waals surface area contributed by atoms with Gasteiger partial charge in [0.15, 0.2) is 0 Å². The number of amides is 1. The quantitative estimate of drug-likeness (QED) is 0.351. The molecule has 4 rings (SSSR count). The van der Waals surface area contributed by atoms with Crippen LogP contribution in [0.15, 0.2) is 101 Å². The standard InChI is InChI=1S/C29H32N4O3S/c1-5-33-26-17-16-24(37(35,36)32(3)4)20-25(26)29(2,21-22-12-8-6-9-13-22)27(33)18-19-30-31-28(34)23-14-10-7-11-15-23/h6-20H,5,21H2,1-4H3,(H,31,34)/b27-18-,30-19+. The number of hydrogen-bond donors (Lipinski definition) is 1. The number of sulfonamides is 1. The van der Waals surface area contributed by atoms with Gasteiger partial charge in [-0.25, -0.2) is 18.1 Å². The molecule has 1 N–H and O–H groups in total. The fourth-order valence-electron chi connectivity index (χ4n) is 4.79. The maximum atomic E-state index is 13.0. The number of likely N-dealkylation sites (N-methyl/N-ethyl adjacent to an activating group) is 1. The first-order valence-corrected chi connectivity index (χ1v) is 13.6. The van der Waals surface area contributed by atoms with Gasteiger partial charge in [-0.1, -0.05) is 48.5 Å². The molecule has 0 aromatic heterocycles. The zero-order chi connectivity index (χ0) is 26.6. The van der Waals surface area contributed by atoms with E-state index >= 15 is 0 Å². The predicted molar refractivity (Wildman–Crippen MR) is 148 cm³/mol. The van der Waals surface area contributed by atoms with E-state index in [2.05, 4.69) is 41.4 Å². The lowest BCUT2D eigenvalue weighted by Gasteiger charge is -2.30. The van der Waals surface area contributed by atoms with E-state index < -0.39 is 15.4 Å². The summed E-state index contributed by atoms with van der Waals surface area (Å²) in [7, 11) is -0.524. The third-order valence-corrected chi connectivity index (χ3v) is 8.52. The Morgan fingerprint density at radius 1 is 1.03 bits per heavy atom. The highest BCUT2D eigenvalue weighted by atomic mass is 32.2. The number of hydrazone groups is 1. The molecule has 0 radical (unpaired) electrons. The summed E-state index contributed by atoms with van der Waals surface area (Å²) in [5, 5.41) is 4.17. The van der Waals surface area contributed by atoms with Crippen LogP contribution in [0.3, 0.4) is 0 Å². The Hall–Kier alpha value is -3.75. The summed E-state index contributed by atoms with van der Waals surface area (Å²) in [6, 6.07) is 24.4. The maximum Gasteiger partial charge on any atom is 0.271 e. The van der Waals surface area contributed by atoms with E-state index in [0.29, 0.717) is 18.5 Å². The Bertz CT molecular complexity index is 1430. The number of nitrogens with zero attached hydrogens (tertiary/aromatic N) is 3. The maximum absolute atomic E-state index is 13.0. The molecule has 1 heterocycles. The summed E-state index contributed by atoms with van der Waals surface area (Å²) in [4.78, 5) is 14.8. The minimum atomic E-state index is -3.60. The summed E-state index contributed by atoms with van der Waals surface area (Å²) in [6.45, 7) is 4.88. The lowest BCUT2D eigenvalue weighted by molar-refractivity contribution is 0.0955. The predicted octanol–water partition coefficient (Wildman–Crippen LogP) is 4.58. The van der Waals surface area contributed by atoms with E-state index in [1.165, 1.54) is 18.4 Å². The van der Waals surface area contributed by atoms with Gasteiger partial charge in [0, 0.05) is 49.2 Å². The number of fused-ring (bicyclic) bond motifs is 1.